The highest BCUT2D eigenvalue weighted by molar-refractivity contribution is 5.63. The molecular weight excluding hydrogens is 267 g/mol. The maximum atomic E-state index is 13.0. The van der Waals surface area contributed by atoms with Gasteiger partial charge in [0.05, 0.1) is 0 Å². The van der Waals surface area contributed by atoms with E-state index in [9.17, 15) is 9.18 Å². The fourth-order valence-corrected chi connectivity index (χ4v) is 3.61. The maximum absolute atomic E-state index is 13.0. The first-order chi connectivity index (χ1) is 10.2. The lowest BCUT2D eigenvalue weighted by molar-refractivity contribution is 0.257. The number of hydrogen-bond acceptors (Lipinski definition) is 2. The second-order valence-corrected chi connectivity index (χ2v) is 6.08. The minimum Gasteiger partial charge on any atom is -0.316 e. The molecule has 1 fully saturated rings. The van der Waals surface area contributed by atoms with Crippen molar-refractivity contribution in [3.8, 4) is 11.1 Å². The number of aromatic nitrogens is 1. The van der Waals surface area contributed by atoms with Crippen molar-refractivity contribution >= 4 is 0 Å². The third-order valence-corrected chi connectivity index (χ3v) is 4.64. The van der Waals surface area contributed by atoms with Crippen molar-refractivity contribution in [2.75, 3.05) is 13.1 Å². The van der Waals surface area contributed by atoms with E-state index in [1.54, 1.807) is 18.2 Å². The number of nitrogens with zero attached hydrogens (tertiary/aromatic N) is 1. The van der Waals surface area contributed by atoms with E-state index < -0.39 is 0 Å². The number of fused-ring (bicyclic) bond motifs is 4. The Labute approximate surface area is 122 Å². The average Bonchev–Trinajstić information content (AvgIpc) is 2.49. The van der Waals surface area contributed by atoms with Crippen LogP contribution in [-0.4, -0.2) is 17.7 Å². The van der Waals surface area contributed by atoms with Crippen LogP contribution in [0, 0.1) is 11.7 Å². The number of piperidine rings is 1. The van der Waals surface area contributed by atoms with Crippen molar-refractivity contribution in [3.05, 3.63) is 58.3 Å². The summed E-state index contributed by atoms with van der Waals surface area (Å²) in [5, 5.41) is 3.45. The normalized spacial score (nSPS) is 23.7. The quantitative estimate of drug-likeness (QED) is 0.872. The molecule has 3 heterocycles. The lowest BCUT2D eigenvalue weighted by Gasteiger charge is -2.37. The fraction of sp³-hybridized carbons (Fsp3) is 0.353. The Bertz CT molecular complexity index is 735. The van der Waals surface area contributed by atoms with Gasteiger partial charge in [-0.25, -0.2) is 4.39 Å². The molecule has 1 aromatic heterocycles. The van der Waals surface area contributed by atoms with E-state index in [1.807, 2.05) is 4.57 Å². The molecule has 0 spiro atoms. The van der Waals surface area contributed by atoms with Gasteiger partial charge >= 0.3 is 0 Å². The van der Waals surface area contributed by atoms with E-state index in [-0.39, 0.29) is 11.4 Å². The highest BCUT2D eigenvalue weighted by Crippen LogP contribution is 2.33. The Kier molecular flexibility index (Phi) is 2.93. The van der Waals surface area contributed by atoms with Crippen molar-refractivity contribution in [1.29, 1.82) is 0 Å². The monoisotopic (exact) mass is 284 g/mol. The molecule has 0 unspecified atom stereocenters. The summed E-state index contributed by atoms with van der Waals surface area (Å²) in [6.07, 6.45) is 1.15. The van der Waals surface area contributed by atoms with Crippen molar-refractivity contribution in [2.45, 2.75) is 18.9 Å². The largest absolute Gasteiger partial charge is 0.316 e. The molecule has 0 saturated carbocycles. The third-order valence-electron chi connectivity index (χ3n) is 4.64. The average molecular weight is 284 g/mol. The van der Waals surface area contributed by atoms with Gasteiger partial charge in [0.2, 0.25) is 0 Å². The molecule has 2 aliphatic heterocycles. The summed E-state index contributed by atoms with van der Waals surface area (Å²) < 4.78 is 15.0. The molecule has 2 atom stereocenters. The molecule has 1 N–H and O–H groups in total. The van der Waals surface area contributed by atoms with Crippen LogP contribution in [0.2, 0.25) is 0 Å². The highest BCUT2D eigenvalue weighted by atomic mass is 19.1. The summed E-state index contributed by atoms with van der Waals surface area (Å²) in [5.74, 6) is 0.712. The van der Waals surface area contributed by atoms with E-state index in [0.29, 0.717) is 11.8 Å². The number of pyridine rings is 1. The standard InChI is InChI=1S/C17H17FN2O/c18-15-3-1-12(2-4-15)13-6-16-14-5-11(8-19-9-14)10-20(16)17(21)7-13/h1-4,6-7,11,14,19H,5,8-10H2/t11-,14+/m0/s1. The topological polar surface area (TPSA) is 34.0 Å². The summed E-state index contributed by atoms with van der Waals surface area (Å²) in [6.45, 7) is 2.74. The van der Waals surface area contributed by atoms with Gasteiger partial charge in [-0.3, -0.25) is 4.79 Å². The third kappa shape index (κ3) is 2.20. The second-order valence-electron chi connectivity index (χ2n) is 6.08. The first kappa shape index (κ1) is 12.8. The number of halogens is 1. The lowest BCUT2D eigenvalue weighted by Crippen LogP contribution is -2.44. The number of nitrogens with one attached hydrogen (secondary N) is 1. The molecule has 21 heavy (non-hydrogen) atoms. The predicted octanol–water partition coefficient (Wildman–Crippen LogP) is 2.36. The van der Waals surface area contributed by atoms with Gasteiger partial charge < -0.3 is 9.88 Å². The Hall–Kier alpha value is -1.94. The number of rotatable bonds is 1. The zero-order valence-electron chi connectivity index (χ0n) is 11.7. The molecule has 4 rings (SSSR count). The van der Waals surface area contributed by atoms with Crippen LogP contribution >= 0.6 is 0 Å². The van der Waals surface area contributed by atoms with Crippen LogP contribution in [0.15, 0.2) is 41.2 Å². The molecule has 108 valence electrons. The minimum absolute atomic E-state index is 0.0587. The fourth-order valence-electron chi connectivity index (χ4n) is 3.61. The smallest absolute Gasteiger partial charge is 0.251 e. The van der Waals surface area contributed by atoms with E-state index in [0.717, 1.165) is 42.9 Å². The van der Waals surface area contributed by atoms with Gasteiger partial charge in [0.25, 0.3) is 5.56 Å². The van der Waals surface area contributed by atoms with Crippen LogP contribution in [0.1, 0.15) is 18.0 Å². The Morgan fingerprint density at radius 3 is 2.71 bits per heavy atom. The second kappa shape index (κ2) is 4.81. The van der Waals surface area contributed by atoms with Crippen molar-refractivity contribution in [1.82, 2.24) is 9.88 Å². The van der Waals surface area contributed by atoms with Gasteiger partial charge in [-0.2, -0.15) is 0 Å². The summed E-state index contributed by atoms with van der Waals surface area (Å²) >= 11 is 0. The summed E-state index contributed by atoms with van der Waals surface area (Å²) in [5.41, 5.74) is 2.95. The maximum Gasteiger partial charge on any atom is 0.251 e. The first-order valence-corrected chi connectivity index (χ1v) is 7.42. The summed E-state index contributed by atoms with van der Waals surface area (Å²) in [6, 6.07) is 10.1. The van der Waals surface area contributed by atoms with Gasteiger partial charge in [0.15, 0.2) is 0 Å². The molecule has 1 saturated heterocycles. The highest BCUT2D eigenvalue weighted by Gasteiger charge is 2.31. The zero-order chi connectivity index (χ0) is 14.4. The molecular formula is C17H17FN2O. The number of benzene rings is 1. The molecule has 2 aliphatic rings. The van der Waals surface area contributed by atoms with E-state index in [4.69, 9.17) is 0 Å². The van der Waals surface area contributed by atoms with Gasteiger partial charge in [0, 0.05) is 30.8 Å². The molecule has 1 aromatic carbocycles. The lowest BCUT2D eigenvalue weighted by atomic mass is 9.83. The van der Waals surface area contributed by atoms with E-state index >= 15 is 0 Å². The summed E-state index contributed by atoms with van der Waals surface area (Å²) in [4.78, 5) is 12.4. The van der Waals surface area contributed by atoms with Gasteiger partial charge in [-0.05, 0) is 48.2 Å². The molecule has 2 aromatic rings. The van der Waals surface area contributed by atoms with Crippen LogP contribution in [-0.2, 0) is 6.54 Å². The van der Waals surface area contributed by atoms with E-state index in [2.05, 4.69) is 11.4 Å². The van der Waals surface area contributed by atoms with Crippen LogP contribution in [0.25, 0.3) is 11.1 Å². The Balaban J connectivity index is 1.83. The molecule has 0 amide bonds. The molecule has 4 heteroatoms. The molecule has 3 nitrogen and oxygen atoms in total. The SMILES string of the molecule is O=c1cc(-c2ccc(F)cc2)cc2n1C[C@@H]1CNC[C@H]2C1. The van der Waals surface area contributed by atoms with Crippen molar-refractivity contribution in [2.24, 2.45) is 5.92 Å². The zero-order valence-corrected chi connectivity index (χ0v) is 11.7. The van der Waals surface area contributed by atoms with E-state index in [1.165, 1.54) is 12.1 Å². The summed E-state index contributed by atoms with van der Waals surface area (Å²) in [7, 11) is 0. The van der Waals surface area contributed by atoms with Crippen LogP contribution < -0.4 is 10.9 Å². The van der Waals surface area contributed by atoms with Crippen molar-refractivity contribution in [3.63, 3.8) is 0 Å². The first-order valence-electron chi connectivity index (χ1n) is 7.42. The van der Waals surface area contributed by atoms with Crippen LogP contribution in [0.5, 0.6) is 0 Å². The van der Waals surface area contributed by atoms with Crippen LogP contribution in [0.4, 0.5) is 4.39 Å². The molecule has 2 bridgehead atoms. The van der Waals surface area contributed by atoms with Gasteiger partial charge in [-0.15, -0.1) is 0 Å². The van der Waals surface area contributed by atoms with Gasteiger partial charge in [0.1, 0.15) is 5.82 Å². The van der Waals surface area contributed by atoms with Gasteiger partial charge in [-0.1, -0.05) is 12.1 Å². The number of hydrogen-bond donors (Lipinski definition) is 1. The van der Waals surface area contributed by atoms with Crippen molar-refractivity contribution < 1.29 is 4.39 Å². The minimum atomic E-state index is -0.257. The predicted molar refractivity (Wildman–Crippen MR) is 79.8 cm³/mol. The Morgan fingerprint density at radius 2 is 1.90 bits per heavy atom. The molecule has 0 radical (unpaired) electrons. The molecule has 0 aliphatic carbocycles. The van der Waals surface area contributed by atoms with Crippen LogP contribution in [0.3, 0.4) is 0 Å². The Morgan fingerprint density at radius 1 is 1.10 bits per heavy atom.